The highest BCUT2D eigenvalue weighted by Crippen LogP contribution is 2.54. The van der Waals surface area contributed by atoms with Crippen LogP contribution in [0.25, 0.3) is 0 Å². The predicted octanol–water partition coefficient (Wildman–Crippen LogP) is 3.29. The minimum Gasteiger partial charge on any atom is -0.481 e. The maximum atomic E-state index is 11.5. The Labute approximate surface area is 139 Å². The van der Waals surface area contributed by atoms with E-state index in [1.807, 2.05) is 44.2 Å². The Hall–Kier alpha value is -2.01. The number of aromatic nitrogens is 2. The Morgan fingerprint density at radius 3 is 2.74 bits per heavy atom. The summed E-state index contributed by atoms with van der Waals surface area (Å²) in [6.45, 7) is 4.70. The number of rotatable bonds is 6. The molecule has 1 fully saturated rings. The molecule has 3 rings (SSSR count). The van der Waals surface area contributed by atoms with Crippen LogP contribution in [0.3, 0.4) is 0 Å². The minimum absolute atomic E-state index is 0.277. The van der Waals surface area contributed by atoms with Gasteiger partial charge in [0.15, 0.2) is 0 Å². The lowest BCUT2D eigenvalue weighted by Crippen LogP contribution is -2.24. The Kier molecular flexibility index (Phi) is 4.06. The van der Waals surface area contributed by atoms with Crippen molar-refractivity contribution < 1.29 is 14.6 Å². The number of aryl methyl sites for hydroxylation is 2. The van der Waals surface area contributed by atoms with Gasteiger partial charge in [0.2, 0.25) is 5.88 Å². The van der Waals surface area contributed by atoms with Gasteiger partial charge in [-0.25, -0.2) is 4.68 Å². The van der Waals surface area contributed by atoms with E-state index in [9.17, 15) is 9.90 Å². The second-order valence-corrected chi connectivity index (χ2v) is 6.30. The molecule has 2 aromatic rings. The van der Waals surface area contributed by atoms with E-state index in [-0.39, 0.29) is 6.61 Å². The summed E-state index contributed by atoms with van der Waals surface area (Å²) in [4.78, 5) is 11.5. The van der Waals surface area contributed by atoms with Crippen LogP contribution in [-0.4, -0.2) is 27.5 Å². The van der Waals surface area contributed by atoms with Gasteiger partial charge < -0.3 is 9.84 Å². The third-order valence-corrected chi connectivity index (χ3v) is 4.93. The molecule has 0 aliphatic heterocycles. The number of ether oxygens (including phenoxy) is 1. The van der Waals surface area contributed by atoms with E-state index in [0.29, 0.717) is 29.6 Å². The number of nitrogens with zero attached hydrogens (tertiary/aromatic N) is 2. The summed E-state index contributed by atoms with van der Waals surface area (Å²) in [5.74, 6) is -0.704. The number of carboxylic acid groups (broad SMARTS) is 1. The second-order valence-electron chi connectivity index (χ2n) is 5.93. The van der Waals surface area contributed by atoms with Crippen molar-refractivity contribution in [3.05, 3.63) is 46.6 Å². The number of halogens is 1. The summed E-state index contributed by atoms with van der Waals surface area (Å²) in [5.41, 5.74) is 1.21. The normalized spacial score (nSPS) is 22.8. The maximum Gasteiger partial charge on any atom is 0.307 e. The van der Waals surface area contributed by atoms with Crippen LogP contribution in [0.15, 0.2) is 30.3 Å². The van der Waals surface area contributed by atoms with Gasteiger partial charge in [-0.05, 0) is 25.8 Å². The summed E-state index contributed by atoms with van der Waals surface area (Å²) in [5, 5.41) is 14.2. The Morgan fingerprint density at radius 2 is 2.17 bits per heavy atom. The molecule has 1 aromatic heterocycles. The van der Waals surface area contributed by atoms with E-state index in [2.05, 4.69) is 5.10 Å². The van der Waals surface area contributed by atoms with Gasteiger partial charge in [-0.2, -0.15) is 5.10 Å². The van der Waals surface area contributed by atoms with Crippen LogP contribution in [0, 0.1) is 12.8 Å². The van der Waals surface area contributed by atoms with Crippen molar-refractivity contribution in [2.75, 3.05) is 6.61 Å². The van der Waals surface area contributed by atoms with Crippen molar-refractivity contribution in [3.8, 4) is 5.88 Å². The van der Waals surface area contributed by atoms with Crippen LogP contribution in [0.5, 0.6) is 5.88 Å². The van der Waals surface area contributed by atoms with Crippen molar-refractivity contribution in [2.45, 2.75) is 32.2 Å². The smallest absolute Gasteiger partial charge is 0.307 e. The van der Waals surface area contributed by atoms with Gasteiger partial charge in [0.1, 0.15) is 11.6 Å². The maximum absolute atomic E-state index is 11.5. The monoisotopic (exact) mass is 334 g/mol. The van der Waals surface area contributed by atoms with E-state index < -0.39 is 17.3 Å². The topological polar surface area (TPSA) is 64.4 Å². The molecule has 122 valence electrons. The predicted molar refractivity (Wildman–Crippen MR) is 87.0 cm³/mol. The van der Waals surface area contributed by atoms with E-state index >= 15 is 0 Å². The molecule has 6 heteroatoms. The van der Waals surface area contributed by atoms with Crippen LogP contribution in [0.4, 0.5) is 0 Å². The molecule has 0 radical (unpaired) electrons. The first-order valence-corrected chi connectivity index (χ1v) is 8.01. The third kappa shape index (κ3) is 2.70. The van der Waals surface area contributed by atoms with Gasteiger partial charge >= 0.3 is 5.97 Å². The van der Waals surface area contributed by atoms with E-state index in [4.69, 9.17) is 16.3 Å². The fourth-order valence-corrected chi connectivity index (χ4v) is 3.24. The lowest BCUT2D eigenvalue weighted by molar-refractivity contribution is -0.139. The Bertz CT molecular complexity index is 729. The average molecular weight is 335 g/mol. The van der Waals surface area contributed by atoms with Gasteiger partial charge in [0, 0.05) is 12.0 Å². The van der Waals surface area contributed by atoms with Gasteiger partial charge in [-0.3, -0.25) is 4.79 Å². The zero-order valence-corrected chi connectivity index (χ0v) is 13.9. The third-order valence-electron chi connectivity index (χ3n) is 4.50. The van der Waals surface area contributed by atoms with Crippen molar-refractivity contribution in [1.82, 2.24) is 9.78 Å². The number of benzene rings is 1. The fraction of sp³-hybridized carbons (Fsp3) is 0.412. The van der Waals surface area contributed by atoms with Crippen LogP contribution >= 0.6 is 11.6 Å². The molecule has 0 bridgehead atoms. The largest absolute Gasteiger partial charge is 0.481 e. The van der Waals surface area contributed by atoms with Crippen LogP contribution < -0.4 is 4.74 Å². The molecule has 0 saturated heterocycles. The average Bonchev–Trinajstić information content (AvgIpc) is 3.24. The molecule has 1 aromatic carbocycles. The zero-order valence-electron chi connectivity index (χ0n) is 13.1. The number of hydrogen-bond donors (Lipinski definition) is 1. The molecule has 2 unspecified atom stereocenters. The van der Waals surface area contributed by atoms with Crippen molar-refractivity contribution in [3.63, 3.8) is 0 Å². The van der Waals surface area contributed by atoms with E-state index in [1.54, 1.807) is 4.68 Å². The molecule has 1 N–H and O–H groups in total. The van der Waals surface area contributed by atoms with E-state index in [1.165, 1.54) is 0 Å². The summed E-state index contributed by atoms with van der Waals surface area (Å²) in [7, 11) is 0. The molecular formula is C17H19ClN2O3. The summed E-state index contributed by atoms with van der Waals surface area (Å²) < 4.78 is 7.65. The number of hydrogen-bond acceptors (Lipinski definition) is 3. The molecule has 5 nitrogen and oxygen atoms in total. The summed E-state index contributed by atoms with van der Waals surface area (Å²) in [6, 6.07) is 9.67. The Morgan fingerprint density at radius 1 is 1.48 bits per heavy atom. The van der Waals surface area contributed by atoms with Gasteiger partial charge in [0.05, 0.1) is 11.6 Å². The van der Waals surface area contributed by atoms with Crippen LogP contribution in [0.1, 0.15) is 24.6 Å². The molecule has 0 spiro atoms. The molecule has 1 saturated carbocycles. The first kappa shape index (κ1) is 15.9. The van der Waals surface area contributed by atoms with E-state index in [0.717, 1.165) is 5.56 Å². The molecule has 1 aliphatic carbocycles. The highest BCUT2D eigenvalue weighted by atomic mass is 35.5. The minimum atomic E-state index is -0.788. The molecule has 1 aliphatic rings. The van der Waals surface area contributed by atoms with Crippen LogP contribution in [0.2, 0.25) is 5.02 Å². The summed E-state index contributed by atoms with van der Waals surface area (Å²) in [6.07, 6.45) is 0.573. The molecule has 0 amide bonds. The molecule has 23 heavy (non-hydrogen) atoms. The van der Waals surface area contributed by atoms with Crippen molar-refractivity contribution in [2.24, 2.45) is 5.92 Å². The highest BCUT2D eigenvalue weighted by Gasteiger charge is 2.60. The standard InChI is InChI=1S/C17H19ClN2O3/c1-3-20-15(14(18)11(2)19-20)23-10-17(9-13(17)16(21)22)12-7-5-4-6-8-12/h4-8,13H,3,9-10H2,1-2H3,(H,21,22). The lowest BCUT2D eigenvalue weighted by Gasteiger charge is -2.18. The second kappa shape index (κ2) is 5.89. The number of carboxylic acids is 1. The quantitative estimate of drug-likeness (QED) is 0.880. The summed E-state index contributed by atoms with van der Waals surface area (Å²) >= 11 is 6.26. The van der Waals surface area contributed by atoms with Gasteiger partial charge in [-0.15, -0.1) is 0 Å². The number of carbonyl (C=O) groups is 1. The molecule has 2 atom stereocenters. The highest BCUT2D eigenvalue weighted by molar-refractivity contribution is 6.32. The lowest BCUT2D eigenvalue weighted by atomic mass is 9.94. The zero-order chi connectivity index (χ0) is 16.6. The van der Waals surface area contributed by atoms with Crippen molar-refractivity contribution >= 4 is 17.6 Å². The first-order chi connectivity index (χ1) is 11.0. The molecular weight excluding hydrogens is 316 g/mol. The van der Waals surface area contributed by atoms with Gasteiger partial charge in [0.25, 0.3) is 0 Å². The molecule has 1 heterocycles. The fourth-order valence-electron chi connectivity index (χ4n) is 3.05. The Balaban J connectivity index is 1.86. The van der Waals surface area contributed by atoms with Crippen LogP contribution in [-0.2, 0) is 16.8 Å². The van der Waals surface area contributed by atoms with Crippen molar-refractivity contribution in [1.29, 1.82) is 0 Å². The first-order valence-electron chi connectivity index (χ1n) is 7.63. The SMILES string of the molecule is CCn1nc(C)c(Cl)c1OCC1(c2ccccc2)CC1C(=O)O. The number of aliphatic carboxylic acids is 1. The van der Waals surface area contributed by atoms with Gasteiger partial charge in [-0.1, -0.05) is 41.9 Å².